The summed E-state index contributed by atoms with van der Waals surface area (Å²) < 4.78 is 5.74. The van der Waals surface area contributed by atoms with Gasteiger partial charge in [0.15, 0.2) is 17.4 Å². The van der Waals surface area contributed by atoms with Crippen LogP contribution in [0.3, 0.4) is 0 Å². The summed E-state index contributed by atoms with van der Waals surface area (Å²) in [4.78, 5) is 11.0. The number of hydrogen-bond donors (Lipinski definition) is 1. The minimum Gasteiger partial charge on any atom is -0.441 e. The maximum atomic E-state index is 5.74. The highest BCUT2D eigenvalue weighted by atomic mass is 127. The Morgan fingerprint density at radius 3 is 2.95 bits per heavy atom. The molecular formula is C14H19IN4O. The Morgan fingerprint density at radius 2 is 2.25 bits per heavy atom. The first kappa shape index (κ1) is 15.1. The van der Waals surface area contributed by atoms with Crippen molar-refractivity contribution in [3.8, 4) is 0 Å². The molecule has 0 spiro atoms. The van der Waals surface area contributed by atoms with E-state index < -0.39 is 0 Å². The van der Waals surface area contributed by atoms with Crippen molar-refractivity contribution in [3.63, 3.8) is 0 Å². The molecule has 1 aromatic carbocycles. The van der Waals surface area contributed by atoms with Crippen LogP contribution in [-0.4, -0.2) is 42.5 Å². The van der Waals surface area contributed by atoms with Crippen molar-refractivity contribution < 1.29 is 4.42 Å². The van der Waals surface area contributed by atoms with Gasteiger partial charge in [-0.2, -0.15) is 0 Å². The second-order valence-corrected chi connectivity index (χ2v) is 4.83. The third-order valence-electron chi connectivity index (χ3n) is 3.35. The number of aromatic nitrogens is 1. The molecule has 3 rings (SSSR count). The number of para-hydroxylation sites is 1. The molecule has 0 aliphatic carbocycles. The summed E-state index contributed by atoms with van der Waals surface area (Å²) >= 11 is 0. The monoisotopic (exact) mass is 386 g/mol. The third-order valence-corrected chi connectivity index (χ3v) is 3.35. The first-order valence-corrected chi connectivity index (χ1v) is 6.58. The molecular weight excluding hydrogens is 367 g/mol. The lowest BCUT2D eigenvalue weighted by Crippen LogP contribution is -2.36. The molecule has 0 atom stereocenters. The molecule has 20 heavy (non-hydrogen) atoms. The number of nitrogens with one attached hydrogen (secondary N) is 1. The van der Waals surface area contributed by atoms with E-state index in [1.165, 1.54) is 0 Å². The zero-order chi connectivity index (χ0) is 13.2. The normalized spacial score (nSPS) is 14.3. The second-order valence-electron chi connectivity index (χ2n) is 4.83. The van der Waals surface area contributed by atoms with E-state index in [0.717, 1.165) is 54.6 Å². The van der Waals surface area contributed by atoms with Gasteiger partial charge in [-0.25, -0.2) is 4.98 Å². The number of fused-ring (bicyclic) bond motifs is 1. The van der Waals surface area contributed by atoms with Crippen LogP contribution in [0.4, 0.5) is 0 Å². The summed E-state index contributed by atoms with van der Waals surface area (Å²) in [6.45, 7) is 4.70. The van der Waals surface area contributed by atoms with Crippen molar-refractivity contribution in [2.24, 2.45) is 4.99 Å². The van der Waals surface area contributed by atoms with Gasteiger partial charge in [0.05, 0.1) is 6.54 Å². The average Bonchev–Trinajstić information content (AvgIpc) is 2.97. The molecule has 108 valence electrons. The number of nitrogens with zero attached hydrogens (tertiary/aromatic N) is 3. The summed E-state index contributed by atoms with van der Waals surface area (Å²) in [5.74, 6) is 1.74. The average molecular weight is 386 g/mol. The van der Waals surface area contributed by atoms with Crippen molar-refractivity contribution in [1.29, 1.82) is 0 Å². The Bertz CT molecular complexity index is 623. The fourth-order valence-electron chi connectivity index (χ4n) is 2.24. The van der Waals surface area contributed by atoms with Crippen LogP contribution < -0.4 is 5.32 Å². The topological polar surface area (TPSA) is 53.7 Å². The van der Waals surface area contributed by atoms with Gasteiger partial charge in [-0.3, -0.25) is 4.99 Å². The number of benzene rings is 1. The molecule has 1 aromatic heterocycles. The molecule has 5 nitrogen and oxygen atoms in total. The van der Waals surface area contributed by atoms with E-state index in [9.17, 15) is 0 Å². The number of rotatable bonds is 3. The smallest absolute Gasteiger partial charge is 0.197 e. The standard InChI is InChI=1S/C14H18N4O.HI/c1-10-4-3-5-11-13(10)17-12(19-11)6-7-15-14-16-8-9-18(14)2;/h3-5H,6-9H2,1-2H3,(H,15,16);1H. The highest BCUT2D eigenvalue weighted by molar-refractivity contribution is 14.0. The minimum absolute atomic E-state index is 0. The van der Waals surface area contributed by atoms with E-state index >= 15 is 0 Å². The Balaban J connectivity index is 0.00000147. The largest absolute Gasteiger partial charge is 0.441 e. The van der Waals surface area contributed by atoms with Gasteiger partial charge < -0.3 is 14.6 Å². The highest BCUT2D eigenvalue weighted by Crippen LogP contribution is 2.18. The fraction of sp³-hybridized carbons (Fsp3) is 0.429. The Hall–Kier alpha value is -1.31. The highest BCUT2D eigenvalue weighted by Gasteiger charge is 2.12. The van der Waals surface area contributed by atoms with E-state index in [1.54, 1.807) is 0 Å². The zero-order valence-corrected chi connectivity index (χ0v) is 14.0. The van der Waals surface area contributed by atoms with E-state index in [0.29, 0.717) is 0 Å². The molecule has 0 saturated heterocycles. The summed E-state index contributed by atoms with van der Waals surface area (Å²) in [6.07, 6.45) is 0.765. The van der Waals surface area contributed by atoms with Crippen LogP contribution in [0.25, 0.3) is 11.1 Å². The van der Waals surface area contributed by atoms with E-state index in [1.807, 2.05) is 19.2 Å². The van der Waals surface area contributed by atoms with Crippen LogP contribution >= 0.6 is 24.0 Å². The van der Waals surface area contributed by atoms with Crippen LogP contribution in [0.1, 0.15) is 11.5 Å². The lowest BCUT2D eigenvalue weighted by molar-refractivity contribution is 0.511. The molecule has 0 radical (unpaired) electrons. The molecule has 1 aliphatic rings. The van der Waals surface area contributed by atoms with Gasteiger partial charge in [0.25, 0.3) is 0 Å². The van der Waals surface area contributed by atoms with Gasteiger partial charge in [-0.1, -0.05) is 12.1 Å². The van der Waals surface area contributed by atoms with E-state index in [2.05, 4.69) is 33.2 Å². The Morgan fingerprint density at radius 1 is 1.40 bits per heavy atom. The van der Waals surface area contributed by atoms with Crippen molar-refractivity contribution in [2.45, 2.75) is 13.3 Å². The zero-order valence-electron chi connectivity index (χ0n) is 11.7. The van der Waals surface area contributed by atoms with Gasteiger partial charge in [0.2, 0.25) is 0 Å². The maximum absolute atomic E-state index is 5.74. The molecule has 0 saturated carbocycles. The Labute approximate surface area is 135 Å². The van der Waals surface area contributed by atoms with Crippen LogP contribution in [-0.2, 0) is 6.42 Å². The number of likely N-dealkylation sites (N-methyl/N-ethyl adjacent to an activating group) is 1. The van der Waals surface area contributed by atoms with Gasteiger partial charge in [0, 0.05) is 26.6 Å². The number of halogens is 1. The van der Waals surface area contributed by atoms with Gasteiger partial charge >= 0.3 is 0 Å². The number of oxazole rings is 1. The summed E-state index contributed by atoms with van der Waals surface area (Å²) in [5.41, 5.74) is 2.98. The first-order valence-electron chi connectivity index (χ1n) is 6.58. The number of aryl methyl sites for hydroxylation is 1. The predicted molar refractivity (Wildman–Crippen MR) is 90.8 cm³/mol. The lowest BCUT2D eigenvalue weighted by Gasteiger charge is -2.14. The fourth-order valence-corrected chi connectivity index (χ4v) is 2.24. The molecule has 0 unspecified atom stereocenters. The van der Waals surface area contributed by atoms with Crippen LogP contribution in [0.5, 0.6) is 0 Å². The number of aliphatic imine (C=N–C) groups is 1. The van der Waals surface area contributed by atoms with Gasteiger partial charge in [0.1, 0.15) is 5.52 Å². The van der Waals surface area contributed by atoms with Crippen LogP contribution in [0.2, 0.25) is 0 Å². The molecule has 0 fully saturated rings. The van der Waals surface area contributed by atoms with Gasteiger partial charge in [-0.15, -0.1) is 24.0 Å². The molecule has 0 bridgehead atoms. The second kappa shape index (κ2) is 6.43. The van der Waals surface area contributed by atoms with E-state index in [-0.39, 0.29) is 24.0 Å². The van der Waals surface area contributed by atoms with E-state index in [4.69, 9.17) is 4.42 Å². The lowest BCUT2D eigenvalue weighted by atomic mass is 10.2. The molecule has 6 heteroatoms. The first-order chi connectivity index (χ1) is 9.24. The number of hydrogen-bond acceptors (Lipinski definition) is 5. The molecule has 0 amide bonds. The maximum Gasteiger partial charge on any atom is 0.197 e. The summed E-state index contributed by atoms with van der Waals surface area (Å²) in [6, 6.07) is 6.00. The van der Waals surface area contributed by atoms with Crippen molar-refractivity contribution in [1.82, 2.24) is 15.2 Å². The van der Waals surface area contributed by atoms with Crippen molar-refractivity contribution >= 4 is 41.0 Å². The molecule has 2 heterocycles. The quantitative estimate of drug-likeness (QED) is 0.822. The number of guanidine groups is 1. The third kappa shape index (κ3) is 3.05. The molecule has 1 N–H and O–H groups in total. The molecule has 2 aromatic rings. The SMILES string of the molecule is Cc1cccc2oc(CCNC3=NCCN3C)nc12.I. The summed E-state index contributed by atoms with van der Waals surface area (Å²) in [5, 5.41) is 3.31. The summed E-state index contributed by atoms with van der Waals surface area (Å²) in [7, 11) is 2.04. The Kier molecular flexibility index (Phi) is 4.85. The van der Waals surface area contributed by atoms with Crippen molar-refractivity contribution in [3.05, 3.63) is 29.7 Å². The minimum atomic E-state index is 0. The van der Waals surface area contributed by atoms with Gasteiger partial charge in [-0.05, 0) is 18.6 Å². The predicted octanol–water partition coefficient (Wildman–Crippen LogP) is 2.19. The van der Waals surface area contributed by atoms with Crippen LogP contribution in [0, 0.1) is 6.92 Å². The van der Waals surface area contributed by atoms with Crippen LogP contribution in [0.15, 0.2) is 27.6 Å². The molecule has 1 aliphatic heterocycles. The van der Waals surface area contributed by atoms with Crippen molar-refractivity contribution in [2.75, 3.05) is 26.7 Å².